The maximum Gasteiger partial charge on any atom is 0.255 e. The van der Waals surface area contributed by atoms with E-state index in [-0.39, 0.29) is 11.4 Å². The van der Waals surface area contributed by atoms with Crippen molar-refractivity contribution in [3.05, 3.63) is 130 Å². The predicted octanol–water partition coefficient (Wildman–Crippen LogP) is 5.37. The number of halogens is 1. The van der Waals surface area contributed by atoms with Gasteiger partial charge < -0.3 is 4.74 Å². The molecule has 38 heavy (non-hydrogen) atoms. The molecule has 0 radical (unpaired) electrons. The van der Waals surface area contributed by atoms with Crippen LogP contribution in [0, 0.1) is 0 Å². The molecule has 9 heteroatoms. The molecule has 0 atom stereocenters. The van der Waals surface area contributed by atoms with Crippen molar-refractivity contribution in [1.82, 2.24) is 9.73 Å². The summed E-state index contributed by atoms with van der Waals surface area (Å²) in [6.45, 7) is 0.00893. The van der Waals surface area contributed by atoms with Crippen LogP contribution in [0.3, 0.4) is 0 Å². The Morgan fingerprint density at radius 2 is 1.47 bits per heavy atom. The van der Waals surface area contributed by atoms with Gasteiger partial charge in [0.15, 0.2) is 0 Å². The standard InChI is InChI=1S/C29H26BrN3O4S/c30-26-17-15-23(16-18-26)20-33(38(35,36)27-12-5-2-6-13-27)21-29(34)32-31-19-25-11-7-8-14-28(25)37-22-24-9-3-1-4-10-24/h1-19H,20-22H2,(H,32,34)/b31-19-. The molecule has 1 amide bonds. The van der Waals surface area contributed by atoms with Gasteiger partial charge in [0.1, 0.15) is 12.4 Å². The second kappa shape index (κ2) is 13.1. The van der Waals surface area contributed by atoms with Gasteiger partial charge in [0.25, 0.3) is 5.91 Å². The Bertz CT molecular complexity index is 1480. The average Bonchev–Trinajstić information content (AvgIpc) is 2.94. The summed E-state index contributed by atoms with van der Waals surface area (Å²) in [5, 5.41) is 4.05. The second-order valence-corrected chi connectivity index (χ2v) is 11.2. The predicted molar refractivity (Wildman–Crippen MR) is 151 cm³/mol. The van der Waals surface area contributed by atoms with E-state index in [1.165, 1.54) is 18.3 Å². The van der Waals surface area contributed by atoms with Gasteiger partial charge in [0.05, 0.1) is 17.7 Å². The van der Waals surface area contributed by atoms with E-state index < -0.39 is 22.5 Å². The third kappa shape index (κ3) is 7.61. The lowest BCUT2D eigenvalue weighted by Crippen LogP contribution is -2.39. The van der Waals surface area contributed by atoms with E-state index in [0.717, 1.165) is 19.9 Å². The quantitative estimate of drug-likeness (QED) is 0.188. The van der Waals surface area contributed by atoms with Crippen molar-refractivity contribution in [2.45, 2.75) is 18.0 Å². The van der Waals surface area contributed by atoms with Crippen molar-refractivity contribution in [2.24, 2.45) is 5.10 Å². The molecule has 0 aliphatic carbocycles. The van der Waals surface area contributed by atoms with E-state index in [9.17, 15) is 13.2 Å². The normalized spacial score (nSPS) is 11.5. The lowest BCUT2D eigenvalue weighted by atomic mass is 10.2. The number of rotatable bonds is 11. The minimum Gasteiger partial charge on any atom is -0.488 e. The summed E-state index contributed by atoms with van der Waals surface area (Å²) < 4.78 is 34.6. The number of carbonyl (C=O) groups is 1. The zero-order chi connectivity index (χ0) is 26.8. The summed E-state index contributed by atoms with van der Waals surface area (Å²) in [6, 6.07) is 32.4. The van der Waals surface area contributed by atoms with E-state index in [4.69, 9.17) is 4.74 Å². The first kappa shape index (κ1) is 27.3. The number of carbonyl (C=O) groups excluding carboxylic acids is 1. The molecule has 0 aliphatic heterocycles. The number of nitrogens with one attached hydrogen (secondary N) is 1. The van der Waals surface area contributed by atoms with E-state index in [1.807, 2.05) is 66.7 Å². The first-order valence-corrected chi connectivity index (χ1v) is 14.0. The van der Waals surface area contributed by atoms with Crippen LogP contribution in [-0.4, -0.2) is 31.4 Å². The molecular formula is C29H26BrN3O4S. The van der Waals surface area contributed by atoms with Gasteiger partial charge in [0, 0.05) is 16.6 Å². The lowest BCUT2D eigenvalue weighted by molar-refractivity contribution is -0.121. The SMILES string of the molecule is O=C(CN(Cc1ccc(Br)cc1)S(=O)(=O)c1ccccc1)N/N=C\c1ccccc1OCc1ccccc1. The molecule has 4 aromatic carbocycles. The third-order valence-corrected chi connectivity index (χ3v) is 7.86. The van der Waals surface area contributed by atoms with Gasteiger partial charge in [-0.05, 0) is 47.5 Å². The van der Waals surface area contributed by atoms with Crippen LogP contribution < -0.4 is 10.2 Å². The van der Waals surface area contributed by atoms with Crippen LogP contribution in [0.4, 0.5) is 0 Å². The minimum atomic E-state index is -3.93. The molecule has 0 saturated heterocycles. The Morgan fingerprint density at radius 1 is 0.842 bits per heavy atom. The minimum absolute atomic E-state index is 0.0256. The van der Waals surface area contributed by atoms with E-state index in [1.54, 1.807) is 30.3 Å². The molecule has 4 aromatic rings. The Kier molecular flexibility index (Phi) is 9.42. The van der Waals surface area contributed by atoms with Crippen molar-refractivity contribution >= 4 is 38.1 Å². The van der Waals surface area contributed by atoms with Crippen LogP contribution >= 0.6 is 15.9 Å². The lowest BCUT2D eigenvalue weighted by Gasteiger charge is -2.21. The topological polar surface area (TPSA) is 88.1 Å². The van der Waals surface area contributed by atoms with Gasteiger partial charge in [-0.1, -0.05) is 88.7 Å². The summed E-state index contributed by atoms with van der Waals surface area (Å²) >= 11 is 3.38. The van der Waals surface area contributed by atoms with Gasteiger partial charge in [-0.3, -0.25) is 4.79 Å². The molecule has 1 N–H and O–H groups in total. The molecule has 0 unspecified atom stereocenters. The van der Waals surface area contributed by atoms with Crippen molar-refractivity contribution in [3.63, 3.8) is 0 Å². The number of nitrogens with zero attached hydrogens (tertiary/aromatic N) is 2. The highest BCUT2D eigenvalue weighted by atomic mass is 79.9. The summed E-state index contributed by atoms with van der Waals surface area (Å²) in [5.41, 5.74) is 4.89. The fourth-order valence-electron chi connectivity index (χ4n) is 3.58. The van der Waals surface area contributed by atoms with Gasteiger partial charge in [0.2, 0.25) is 10.0 Å². The van der Waals surface area contributed by atoms with Crippen molar-refractivity contribution < 1.29 is 17.9 Å². The van der Waals surface area contributed by atoms with Crippen LogP contribution in [-0.2, 0) is 28.0 Å². The summed E-state index contributed by atoms with van der Waals surface area (Å²) in [5.74, 6) is 0.0402. The van der Waals surface area contributed by atoms with E-state index >= 15 is 0 Å². The first-order valence-electron chi connectivity index (χ1n) is 11.8. The number of sulfonamides is 1. The number of amides is 1. The Hall–Kier alpha value is -3.79. The number of ether oxygens (including phenoxy) is 1. The first-order chi connectivity index (χ1) is 18.4. The highest BCUT2D eigenvalue weighted by molar-refractivity contribution is 9.10. The molecule has 0 fully saturated rings. The van der Waals surface area contributed by atoms with Gasteiger partial charge in [-0.2, -0.15) is 9.41 Å². The van der Waals surface area contributed by atoms with Gasteiger partial charge >= 0.3 is 0 Å². The van der Waals surface area contributed by atoms with Gasteiger partial charge in [-0.25, -0.2) is 13.8 Å². The molecule has 194 valence electrons. The van der Waals surface area contributed by atoms with Crippen LogP contribution in [0.1, 0.15) is 16.7 Å². The molecule has 0 heterocycles. The van der Waals surface area contributed by atoms with Crippen LogP contribution in [0.25, 0.3) is 0 Å². The fourth-order valence-corrected chi connectivity index (χ4v) is 5.25. The highest BCUT2D eigenvalue weighted by Gasteiger charge is 2.26. The monoisotopic (exact) mass is 591 g/mol. The van der Waals surface area contributed by atoms with Crippen molar-refractivity contribution in [2.75, 3.05) is 6.54 Å². The van der Waals surface area contributed by atoms with Gasteiger partial charge in [-0.15, -0.1) is 0 Å². The summed E-state index contributed by atoms with van der Waals surface area (Å²) in [6.07, 6.45) is 1.48. The van der Waals surface area contributed by atoms with Crippen molar-refractivity contribution in [3.8, 4) is 5.75 Å². The number of hydrazone groups is 1. The molecule has 4 rings (SSSR count). The maximum absolute atomic E-state index is 13.3. The number of benzene rings is 4. The van der Waals surface area contributed by atoms with Crippen LogP contribution in [0.15, 0.2) is 124 Å². The smallest absolute Gasteiger partial charge is 0.255 e. The number of hydrogen-bond acceptors (Lipinski definition) is 5. The fraction of sp³-hybridized carbons (Fsp3) is 0.103. The van der Waals surface area contributed by atoms with Crippen molar-refractivity contribution in [1.29, 1.82) is 0 Å². The van der Waals surface area contributed by atoms with E-state index in [2.05, 4.69) is 26.5 Å². The Morgan fingerprint density at radius 3 is 2.18 bits per heavy atom. The van der Waals surface area contributed by atoms with Crippen LogP contribution in [0.5, 0.6) is 5.75 Å². The molecular weight excluding hydrogens is 566 g/mol. The average molecular weight is 593 g/mol. The molecule has 0 aromatic heterocycles. The maximum atomic E-state index is 13.3. The largest absolute Gasteiger partial charge is 0.488 e. The molecule has 0 bridgehead atoms. The molecule has 0 spiro atoms. The summed E-state index contributed by atoms with van der Waals surface area (Å²) in [7, 11) is -3.93. The van der Waals surface area contributed by atoms with E-state index in [0.29, 0.717) is 17.9 Å². The zero-order valence-electron chi connectivity index (χ0n) is 20.4. The Balaban J connectivity index is 1.45. The molecule has 7 nitrogen and oxygen atoms in total. The molecule has 0 saturated carbocycles. The summed E-state index contributed by atoms with van der Waals surface area (Å²) in [4.78, 5) is 12.9. The van der Waals surface area contributed by atoms with Crippen LogP contribution in [0.2, 0.25) is 0 Å². The number of hydrogen-bond donors (Lipinski definition) is 1. The molecule has 0 aliphatic rings. The third-order valence-electron chi connectivity index (χ3n) is 5.52. The zero-order valence-corrected chi connectivity index (χ0v) is 22.8. The highest BCUT2D eigenvalue weighted by Crippen LogP contribution is 2.20. The Labute approximate surface area is 231 Å². The second-order valence-electron chi connectivity index (χ2n) is 8.32. The number of para-hydroxylation sites is 1.